The molecule has 21 heavy (non-hydrogen) atoms. The molecular formula is C15H27N3O2S. The standard InChI is InChI=1S/C15H27N3O2S/c1-3-5-6-7-8-9-10-11-15(4-2,14-17)21(19,20)18-13-12-16/h18H,3-11,13H2,1-2H3. The zero-order valence-corrected chi connectivity index (χ0v) is 14.0. The first kappa shape index (κ1) is 19.9. The molecule has 0 rings (SSSR count). The van der Waals surface area contributed by atoms with Crippen LogP contribution in [0.2, 0.25) is 0 Å². The summed E-state index contributed by atoms with van der Waals surface area (Å²) in [6.07, 6.45) is 8.14. The highest BCUT2D eigenvalue weighted by molar-refractivity contribution is 7.91. The molecule has 0 aromatic carbocycles. The van der Waals surface area contributed by atoms with Crippen molar-refractivity contribution in [2.24, 2.45) is 0 Å². The first-order valence-electron chi connectivity index (χ1n) is 7.77. The molecule has 0 radical (unpaired) electrons. The Hall–Kier alpha value is -1.11. The highest BCUT2D eigenvalue weighted by Gasteiger charge is 2.41. The van der Waals surface area contributed by atoms with Gasteiger partial charge < -0.3 is 0 Å². The average molecular weight is 313 g/mol. The largest absolute Gasteiger partial charge is 0.231 e. The summed E-state index contributed by atoms with van der Waals surface area (Å²) in [7, 11) is -3.78. The second-order valence-corrected chi connectivity index (χ2v) is 7.39. The Morgan fingerprint density at radius 3 is 2.05 bits per heavy atom. The zero-order chi connectivity index (χ0) is 16.2. The zero-order valence-electron chi connectivity index (χ0n) is 13.2. The van der Waals surface area contributed by atoms with Gasteiger partial charge in [0.05, 0.1) is 18.7 Å². The van der Waals surface area contributed by atoms with Crippen molar-refractivity contribution in [1.29, 1.82) is 10.5 Å². The Labute approximate surface area is 129 Å². The Kier molecular flexibility index (Phi) is 10.0. The first-order chi connectivity index (χ1) is 9.99. The molecule has 0 aliphatic heterocycles. The van der Waals surface area contributed by atoms with Crippen LogP contribution in [-0.4, -0.2) is 19.7 Å². The van der Waals surface area contributed by atoms with Crippen molar-refractivity contribution in [3.05, 3.63) is 0 Å². The predicted octanol–water partition coefficient (Wildman–Crippen LogP) is 3.24. The van der Waals surface area contributed by atoms with Gasteiger partial charge in [0.15, 0.2) is 4.75 Å². The summed E-state index contributed by atoms with van der Waals surface area (Å²) >= 11 is 0. The molecule has 0 spiro atoms. The fourth-order valence-corrected chi connectivity index (χ4v) is 3.77. The van der Waals surface area contributed by atoms with E-state index in [-0.39, 0.29) is 13.0 Å². The molecule has 0 saturated carbocycles. The second kappa shape index (κ2) is 10.6. The number of hydrogen-bond acceptors (Lipinski definition) is 4. The van der Waals surface area contributed by atoms with Crippen LogP contribution in [0.4, 0.5) is 0 Å². The van der Waals surface area contributed by atoms with Gasteiger partial charge in [0.2, 0.25) is 10.0 Å². The number of hydrogen-bond donors (Lipinski definition) is 1. The van der Waals surface area contributed by atoms with Crippen molar-refractivity contribution < 1.29 is 8.42 Å². The van der Waals surface area contributed by atoms with E-state index in [1.165, 1.54) is 25.7 Å². The quantitative estimate of drug-likeness (QED) is 0.442. The van der Waals surface area contributed by atoms with Crippen LogP contribution in [0.25, 0.3) is 0 Å². The van der Waals surface area contributed by atoms with Crippen LogP contribution in [0, 0.1) is 22.7 Å². The normalized spacial score (nSPS) is 14.1. The third-order valence-electron chi connectivity index (χ3n) is 3.81. The van der Waals surface area contributed by atoms with Crippen LogP contribution >= 0.6 is 0 Å². The molecule has 0 saturated heterocycles. The number of nitriles is 2. The third-order valence-corrected chi connectivity index (χ3v) is 5.95. The van der Waals surface area contributed by atoms with Crippen molar-refractivity contribution in [2.75, 3.05) is 6.54 Å². The number of unbranched alkanes of at least 4 members (excludes halogenated alkanes) is 6. The molecule has 0 heterocycles. The fourth-order valence-electron chi connectivity index (χ4n) is 2.33. The predicted molar refractivity (Wildman–Crippen MR) is 83.8 cm³/mol. The monoisotopic (exact) mass is 313 g/mol. The summed E-state index contributed by atoms with van der Waals surface area (Å²) in [5, 5.41) is 17.8. The Morgan fingerprint density at radius 2 is 1.57 bits per heavy atom. The van der Waals surface area contributed by atoms with Gasteiger partial charge in [-0.1, -0.05) is 58.8 Å². The van der Waals surface area contributed by atoms with Gasteiger partial charge in [-0.25, -0.2) is 8.42 Å². The van der Waals surface area contributed by atoms with E-state index in [0.29, 0.717) is 6.42 Å². The number of nitrogens with zero attached hydrogens (tertiary/aromatic N) is 2. The molecule has 0 amide bonds. The molecule has 0 aliphatic rings. The van der Waals surface area contributed by atoms with Crippen LogP contribution in [0.15, 0.2) is 0 Å². The summed E-state index contributed by atoms with van der Waals surface area (Å²) in [5.41, 5.74) is 0. The molecule has 0 aromatic heterocycles. The van der Waals surface area contributed by atoms with Crippen LogP contribution in [0.5, 0.6) is 0 Å². The van der Waals surface area contributed by atoms with Crippen molar-refractivity contribution >= 4 is 10.0 Å². The lowest BCUT2D eigenvalue weighted by molar-refractivity contribution is 0.492. The van der Waals surface area contributed by atoms with Gasteiger partial charge in [-0.15, -0.1) is 0 Å². The van der Waals surface area contributed by atoms with Crippen molar-refractivity contribution in [2.45, 2.75) is 76.4 Å². The molecule has 0 fully saturated rings. The number of nitrogens with one attached hydrogen (secondary N) is 1. The summed E-state index contributed by atoms with van der Waals surface area (Å²) < 4.78 is 25.2. The number of sulfonamides is 1. The maximum absolute atomic E-state index is 12.2. The molecule has 0 aromatic rings. The second-order valence-electron chi connectivity index (χ2n) is 5.31. The van der Waals surface area contributed by atoms with Crippen LogP contribution in [0.1, 0.15) is 71.6 Å². The molecule has 1 N–H and O–H groups in total. The summed E-state index contributed by atoms with van der Waals surface area (Å²) in [4.78, 5) is 0. The van der Waals surface area contributed by atoms with Gasteiger partial charge in [-0.3, -0.25) is 0 Å². The SMILES string of the molecule is CCCCCCCCCC(C#N)(CC)S(=O)(=O)NCC#N. The van der Waals surface area contributed by atoms with E-state index in [1.54, 1.807) is 13.0 Å². The van der Waals surface area contributed by atoms with E-state index in [9.17, 15) is 13.7 Å². The van der Waals surface area contributed by atoms with Gasteiger partial charge in [0, 0.05) is 0 Å². The highest BCUT2D eigenvalue weighted by Crippen LogP contribution is 2.27. The lowest BCUT2D eigenvalue weighted by atomic mass is 9.98. The minimum atomic E-state index is -3.78. The van der Waals surface area contributed by atoms with E-state index in [0.717, 1.165) is 19.3 Å². The maximum atomic E-state index is 12.2. The lowest BCUT2D eigenvalue weighted by Crippen LogP contribution is -2.45. The molecule has 1 atom stereocenters. The van der Waals surface area contributed by atoms with E-state index in [2.05, 4.69) is 11.6 Å². The minimum Gasteiger partial charge on any atom is -0.211 e. The third kappa shape index (κ3) is 6.46. The molecule has 0 aliphatic carbocycles. The van der Waals surface area contributed by atoms with Gasteiger partial charge >= 0.3 is 0 Å². The summed E-state index contributed by atoms with van der Waals surface area (Å²) in [6, 6.07) is 3.71. The summed E-state index contributed by atoms with van der Waals surface area (Å²) in [5.74, 6) is 0. The smallest absolute Gasteiger partial charge is 0.211 e. The topological polar surface area (TPSA) is 93.8 Å². The maximum Gasteiger partial charge on any atom is 0.231 e. The molecule has 1 unspecified atom stereocenters. The van der Waals surface area contributed by atoms with Crippen LogP contribution in [0.3, 0.4) is 0 Å². The molecular weight excluding hydrogens is 286 g/mol. The van der Waals surface area contributed by atoms with Crippen molar-refractivity contribution in [3.8, 4) is 12.1 Å². The van der Waals surface area contributed by atoms with Crippen molar-refractivity contribution in [3.63, 3.8) is 0 Å². The van der Waals surface area contributed by atoms with Gasteiger partial charge in [-0.2, -0.15) is 15.2 Å². The van der Waals surface area contributed by atoms with E-state index >= 15 is 0 Å². The van der Waals surface area contributed by atoms with Gasteiger partial charge in [0.25, 0.3) is 0 Å². The van der Waals surface area contributed by atoms with E-state index < -0.39 is 14.8 Å². The molecule has 5 nitrogen and oxygen atoms in total. The lowest BCUT2D eigenvalue weighted by Gasteiger charge is -2.24. The Morgan fingerprint density at radius 1 is 1.00 bits per heavy atom. The minimum absolute atomic E-state index is 0.236. The van der Waals surface area contributed by atoms with Crippen LogP contribution < -0.4 is 4.72 Å². The summed E-state index contributed by atoms with van der Waals surface area (Å²) in [6.45, 7) is 3.58. The molecule has 0 bridgehead atoms. The highest BCUT2D eigenvalue weighted by atomic mass is 32.2. The van der Waals surface area contributed by atoms with Crippen LogP contribution in [-0.2, 0) is 10.0 Å². The fraction of sp³-hybridized carbons (Fsp3) is 0.867. The number of rotatable bonds is 12. The Bertz CT molecular complexity index is 462. The van der Waals surface area contributed by atoms with Gasteiger partial charge in [-0.05, 0) is 12.8 Å². The van der Waals surface area contributed by atoms with E-state index in [4.69, 9.17) is 5.26 Å². The first-order valence-corrected chi connectivity index (χ1v) is 9.25. The van der Waals surface area contributed by atoms with Crippen molar-refractivity contribution in [1.82, 2.24) is 4.72 Å². The molecule has 120 valence electrons. The molecule has 6 heteroatoms. The van der Waals surface area contributed by atoms with E-state index in [1.807, 2.05) is 6.07 Å². The average Bonchev–Trinajstić information content (AvgIpc) is 2.48. The van der Waals surface area contributed by atoms with Gasteiger partial charge in [0.1, 0.15) is 0 Å². The Balaban J connectivity index is 4.43.